The summed E-state index contributed by atoms with van der Waals surface area (Å²) >= 11 is 0. The summed E-state index contributed by atoms with van der Waals surface area (Å²) in [5.74, 6) is -1.32. The first kappa shape index (κ1) is 16.9. The fourth-order valence-electron chi connectivity index (χ4n) is 1.98. The van der Waals surface area contributed by atoms with E-state index in [-0.39, 0.29) is 12.1 Å². The maximum Gasteiger partial charge on any atom is 0.307 e. The molecule has 0 fully saturated rings. The van der Waals surface area contributed by atoms with E-state index >= 15 is 0 Å². The Morgan fingerprint density at radius 2 is 1.88 bits per heavy atom. The molecule has 0 unspecified atom stereocenters. The van der Waals surface area contributed by atoms with Gasteiger partial charge in [0.25, 0.3) is 5.69 Å². The van der Waals surface area contributed by atoms with Crippen molar-refractivity contribution in [3.05, 3.63) is 75.8 Å². The molecule has 0 saturated heterocycles. The molecule has 0 radical (unpaired) electrons. The molecule has 0 aliphatic rings. The average molecular weight is 326 g/mol. The number of nitrogens with one attached hydrogen (secondary N) is 1. The highest BCUT2D eigenvalue weighted by atomic mass is 16.6. The monoisotopic (exact) mass is 326 g/mol. The standard InChI is InChI=1S/C17H14N2O5/c20-16(9-6-12-2-1-3-15(10-12)19(23)24)18-14-7-4-13(5-8-14)11-17(21)22/h1-10H,11H2,(H,18,20)(H,21,22)/b9-6+. The molecule has 0 aliphatic carbocycles. The van der Waals surface area contributed by atoms with Crippen molar-refractivity contribution in [3.63, 3.8) is 0 Å². The van der Waals surface area contributed by atoms with Gasteiger partial charge < -0.3 is 10.4 Å². The highest BCUT2D eigenvalue weighted by Gasteiger charge is 2.05. The Hall–Kier alpha value is -3.48. The number of amides is 1. The zero-order valence-corrected chi connectivity index (χ0v) is 12.5. The third kappa shape index (κ3) is 5.06. The number of benzene rings is 2. The lowest BCUT2D eigenvalue weighted by Crippen LogP contribution is -2.08. The van der Waals surface area contributed by atoms with Gasteiger partial charge in [0.1, 0.15) is 0 Å². The number of non-ortho nitro benzene ring substituents is 1. The molecule has 0 bridgehead atoms. The minimum atomic E-state index is -0.924. The third-order valence-corrected chi connectivity index (χ3v) is 3.09. The Labute approximate surface area is 137 Å². The predicted octanol–water partition coefficient (Wildman–Crippen LogP) is 2.87. The molecule has 0 atom stereocenters. The molecule has 2 rings (SSSR count). The SMILES string of the molecule is O=C(O)Cc1ccc(NC(=O)/C=C/c2cccc([N+](=O)[O-])c2)cc1. The molecule has 122 valence electrons. The van der Waals surface area contributed by atoms with Crippen LogP contribution in [-0.4, -0.2) is 21.9 Å². The van der Waals surface area contributed by atoms with Crippen LogP contribution in [0.25, 0.3) is 6.08 Å². The zero-order chi connectivity index (χ0) is 17.5. The number of carbonyl (C=O) groups is 2. The first-order chi connectivity index (χ1) is 11.4. The van der Waals surface area contributed by atoms with E-state index in [1.165, 1.54) is 30.4 Å². The van der Waals surface area contributed by atoms with Crippen LogP contribution in [0.1, 0.15) is 11.1 Å². The van der Waals surface area contributed by atoms with Crippen LogP contribution in [0.3, 0.4) is 0 Å². The molecule has 2 aromatic rings. The molecule has 24 heavy (non-hydrogen) atoms. The molecule has 0 saturated carbocycles. The van der Waals surface area contributed by atoms with Crippen molar-refractivity contribution in [2.75, 3.05) is 5.32 Å². The summed E-state index contributed by atoms with van der Waals surface area (Å²) in [6.45, 7) is 0. The van der Waals surface area contributed by atoms with Gasteiger partial charge in [-0.25, -0.2) is 0 Å². The van der Waals surface area contributed by atoms with E-state index in [1.54, 1.807) is 30.3 Å². The molecule has 1 amide bonds. The normalized spacial score (nSPS) is 10.5. The van der Waals surface area contributed by atoms with Gasteiger partial charge in [0.15, 0.2) is 0 Å². The van der Waals surface area contributed by atoms with Gasteiger partial charge in [0.05, 0.1) is 11.3 Å². The summed E-state index contributed by atoms with van der Waals surface area (Å²) < 4.78 is 0. The number of hydrogen-bond acceptors (Lipinski definition) is 4. The van der Waals surface area contributed by atoms with Gasteiger partial charge in [-0.2, -0.15) is 0 Å². The molecule has 7 nitrogen and oxygen atoms in total. The highest BCUT2D eigenvalue weighted by molar-refractivity contribution is 6.01. The maximum absolute atomic E-state index is 11.8. The summed E-state index contributed by atoms with van der Waals surface area (Å²) in [5, 5.41) is 22.0. The lowest BCUT2D eigenvalue weighted by atomic mass is 10.1. The summed E-state index contributed by atoms with van der Waals surface area (Å²) in [6, 6.07) is 12.4. The van der Waals surface area contributed by atoms with E-state index in [0.717, 1.165) is 0 Å². The minimum Gasteiger partial charge on any atom is -0.481 e. The van der Waals surface area contributed by atoms with Crippen LogP contribution < -0.4 is 5.32 Å². The number of carboxylic acid groups (broad SMARTS) is 1. The number of anilines is 1. The van der Waals surface area contributed by atoms with Crippen LogP contribution in [-0.2, 0) is 16.0 Å². The molecule has 0 spiro atoms. The van der Waals surface area contributed by atoms with Crippen molar-refractivity contribution in [1.82, 2.24) is 0 Å². The summed E-state index contributed by atoms with van der Waals surface area (Å²) in [4.78, 5) is 32.6. The summed E-state index contributed by atoms with van der Waals surface area (Å²) in [5.41, 5.74) is 1.65. The number of nitro groups is 1. The first-order valence-electron chi connectivity index (χ1n) is 6.98. The van der Waals surface area contributed by atoms with Crippen molar-refractivity contribution >= 4 is 29.3 Å². The van der Waals surface area contributed by atoms with Crippen LogP contribution in [0.5, 0.6) is 0 Å². The smallest absolute Gasteiger partial charge is 0.307 e. The second-order valence-corrected chi connectivity index (χ2v) is 4.94. The van der Waals surface area contributed by atoms with Gasteiger partial charge in [-0.3, -0.25) is 19.7 Å². The van der Waals surface area contributed by atoms with Gasteiger partial charge in [-0.05, 0) is 29.3 Å². The lowest BCUT2D eigenvalue weighted by Gasteiger charge is -2.03. The van der Waals surface area contributed by atoms with Crippen LogP contribution >= 0.6 is 0 Å². The van der Waals surface area contributed by atoms with E-state index in [4.69, 9.17) is 5.11 Å². The van der Waals surface area contributed by atoms with E-state index in [0.29, 0.717) is 16.8 Å². The average Bonchev–Trinajstić information content (AvgIpc) is 2.54. The quantitative estimate of drug-likeness (QED) is 0.482. The Morgan fingerprint density at radius 3 is 2.50 bits per heavy atom. The van der Waals surface area contributed by atoms with Gasteiger partial charge in [0.2, 0.25) is 5.91 Å². The van der Waals surface area contributed by atoms with Gasteiger partial charge in [-0.15, -0.1) is 0 Å². The molecule has 0 aliphatic heterocycles. The van der Waals surface area contributed by atoms with Crippen LogP contribution in [0, 0.1) is 10.1 Å². The molecule has 0 aromatic heterocycles. The number of aliphatic carboxylic acids is 1. The molecule has 2 N–H and O–H groups in total. The fraction of sp³-hybridized carbons (Fsp3) is 0.0588. The van der Waals surface area contributed by atoms with E-state index < -0.39 is 16.8 Å². The van der Waals surface area contributed by atoms with Crippen LogP contribution in [0.15, 0.2) is 54.6 Å². The number of hydrogen-bond donors (Lipinski definition) is 2. The molecule has 0 heterocycles. The molecule has 2 aromatic carbocycles. The van der Waals surface area contributed by atoms with Crippen molar-refractivity contribution < 1.29 is 19.6 Å². The predicted molar refractivity (Wildman–Crippen MR) is 88.5 cm³/mol. The lowest BCUT2D eigenvalue weighted by molar-refractivity contribution is -0.384. The number of nitro benzene ring substituents is 1. The topological polar surface area (TPSA) is 110 Å². The van der Waals surface area contributed by atoms with Crippen LogP contribution in [0.2, 0.25) is 0 Å². The third-order valence-electron chi connectivity index (χ3n) is 3.09. The van der Waals surface area contributed by atoms with E-state index in [1.807, 2.05) is 0 Å². The number of carbonyl (C=O) groups excluding carboxylic acids is 1. The minimum absolute atomic E-state index is 0.0495. The largest absolute Gasteiger partial charge is 0.481 e. The van der Waals surface area contributed by atoms with E-state index in [2.05, 4.69) is 5.32 Å². The summed E-state index contributed by atoms with van der Waals surface area (Å²) in [7, 11) is 0. The Morgan fingerprint density at radius 1 is 1.17 bits per heavy atom. The Bertz CT molecular complexity index is 797. The second kappa shape index (κ2) is 7.68. The molecular weight excluding hydrogens is 312 g/mol. The first-order valence-corrected chi connectivity index (χ1v) is 6.98. The fourth-order valence-corrected chi connectivity index (χ4v) is 1.98. The van der Waals surface area contributed by atoms with Gasteiger partial charge >= 0.3 is 5.97 Å². The Kier molecular flexibility index (Phi) is 5.40. The van der Waals surface area contributed by atoms with Crippen molar-refractivity contribution in [1.29, 1.82) is 0 Å². The zero-order valence-electron chi connectivity index (χ0n) is 12.5. The Balaban J connectivity index is 1.98. The van der Waals surface area contributed by atoms with Crippen molar-refractivity contribution in [3.8, 4) is 0 Å². The van der Waals surface area contributed by atoms with E-state index in [9.17, 15) is 19.7 Å². The second-order valence-electron chi connectivity index (χ2n) is 4.94. The van der Waals surface area contributed by atoms with Gasteiger partial charge in [-0.1, -0.05) is 24.3 Å². The number of rotatable bonds is 6. The number of carboxylic acids is 1. The highest BCUT2D eigenvalue weighted by Crippen LogP contribution is 2.14. The molecular formula is C17H14N2O5. The van der Waals surface area contributed by atoms with Gasteiger partial charge in [0, 0.05) is 23.9 Å². The van der Waals surface area contributed by atoms with Crippen molar-refractivity contribution in [2.24, 2.45) is 0 Å². The molecule has 7 heteroatoms. The maximum atomic E-state index is 11.8. The summed E-state index contributed by atoms with van der Waals surface area (Å²) in [6.07, 6.45) is 2.66. The number of nitrogens with zero attached hydrogens (tertiary/aromatic N) is 1. The van der Waals surface area contributed by atoms with Crippen molar-refractivity contribution in [2.45, 2.75) is 6.42 Å². The van der Waals surface area contributed by atoms with Crippen LogP contribution in [0.4, 0.5) is 11.4 Å².